The van der Waals surface area contributed by atoms with E-state index in [2.05, 4.69) is 21.6 Å². The summed E-state index contributed by atoms with van der Waals surface area (Å²) < 4.78 is 9.70. The molecule has 0 bridgehead atoms. The summed E-state index contributed by atoms with van der Waals surface area (Å²) in [5.41, 5.74) is -0.0508. The SMILES string of the molecule is CC1(Oc2ncns2)CCNCC1. The highest BCUT2D eigenvalue weighted by Gasteiger charge is 2.29. The molecule has 0 unspecified atom stereocenters. The van der Waals surface area contributed by atoms with E-state index in [0.717, 1.165) is 25.9 Å². The Morgan fingerprint density at radius 3 is 2.92 bits per heavy atom. The summed E-state index contributed by atoms with van der Waals surface area (Å²) in [4.78, 5) is 4.02. The summed E-state index contributed by atoms with van der Waals surface area (Å²) in [6.45, 7) is 4.18. The van der Waals surface area contributed by atoms with Crippen molar-refractivity contribution in [2.45, 2.75) is 25.4 Å². The summed E-state index contributed by atoms with van der Waals surface area (Å²) >= 11 is 1.31. The van der Waals surface area contributed by atoms with Crippen molar-refractivity contribution < 1.29 is 4.74 Å². The first-order chi connectivity index (χ1) is 6.29. The normalized spacial score (nSPS) is 21.3. The zero-order valence-corrected chi connectivity index (χ0v) is 8.43. The number of aromatic nitrogens is 2. The Morgan fingerprint density at radius 2 is 2.31 bits per heavy atom. The molecule has 0 radical (unpaired) electrons. The van der Waals surface area contributed by atoms with Gasteiger partial charge in [-0.05, 0) is 32.9 Å². The Hall–Kier alpha value is -0.680. The van der Waals surface area contributed by atoms with E-state index < -0.39 is 0 Å². The van der Waals surface area contributed by atoms with Crippen molar-refractivity contribution in [1.29, 1.82) is 0 Å². The van der Waals surface area contributed by atoms with E-state index >= 15 is 0 Å². The lowest BCUT2D eigenvalue weighted by Gasteiger charge is -2.33. The first-order valence-corrected chi connectivity index (χ1v) is 5.22. The minimum Gasteiger partial charge on any atom is -0.463 e. The van der Waals surface area contributed by atoms with Crippen molar-refractivity contribution in [1.82, 2.24) is 14.7 Å². The van der Waals surface area contributed by atoms with Gasteiger partial charge in [-0.25, -0.2) is 0 Å². The molecule has 4 nitrogen and oxygen atoms in total. The molecule has 1 aliphatic heterocycles. The van der Waals surface area contributed by atoms with Crippen LogP contribution in [0, 0.1) is 0 Å². The molecule has 5 heteroatoms. The summed E-state index contributed by atoms with van der Waals surface area (Å²) in [5, 5.41) is 3.99. The molecule has 0 aliphatic carbocycles. The van der Waals surface area contributed by atoms with Crippen LogP contribution in [-0.2, 0) is 0 Å². The smallest absolute Gasteiger partial charge is 0.293 e. The number of ether oxygens (including phenoxy) is 1. The molecule has 0 aromatic carbocycles. The second kappa shape index (κ2) is 3.59. The lowest BCUT2D eigenvalue weighted by molar-refractivity contribution is 0.0553. The van der Waals surface area contributed by atoms with E-state index in [9.17, 15) is 0 Å². The van der Waals surface area contributed by atoms with E-state index in [4.69, 9.17) is 4.74 Å². The van der Waals surface area contributed by atoms with Crippen LogP contribution in [-0.4, -0.2) is 28.0 Å². The van der Waals surface area contributed by atoms with Crippen LogP contribution in [0.3, 0.4) is 0 Å². The number of hydrogen-bond donors (Lipinski definition) is 1. The average molecular weight is 199 g/mol. The topological polar surface area (TPSA) is 47.0 Å². The number of rotatable bonds is 2. The Bertz CT molecular complexity index is 256. The highest BCUT2D eigenvalue weighted by atomic mass is 32.1. The van der Waals surface area contributed by atoms with Gasteiger partial charge in [-0.15, -0.1) is 0 Å². The molecular formula is C8H13N3OS. The molecule has 1 aliphatic rings. The van der Waals surface area contributed by atoms with Crippen molar-refractivity contribution in [2.75, 3.05) is 13.1 Å². The summed E-state index contributed by atoms with van der Waals surface area (Å²) in [7, 11) is 0. The van der Waals surface area contributed by atoms with Gasteiger partial charge in [0.2, 0.25) is 0 Å². The fraction of sp³-hybridized carbons (Fsp3) is 0.750. The van der Waals surface area contributed by atoms with Crippen LogP contribution in [0.2, 0.25) is 0 Å². The third-order valence-electron chi connectivity index (χ3n) is 2.34. The lowest BCUT2D eigenvalue weighted by Crippen LogP contribution is -2.43. The maximum absolute atomic E-state index is 5.79. The van der Waals surface area contributed by atoms with Gasteiger partial charge in [0.25, 0.3) is 5.19 Å². The van der Waals surface area contributed by atoms with Crippen LogP contribution < -0.4 is 10.1 Å². The first kappa shape index (κ1) is 8.90. The molecule has 13 heavy (non-hydrogen) atoms. The van der Waals surface area contributed by atoms with Gasteiger partial charge >= 0.3 is 0 Å². The maximum Gasteiger partial charge on any atom is 0.293 e. The van der Waals surface area contributed by atoms with Crippen molar-refractivity contribution in [2.24, 2.45) is 0 Å². The predicted octanol–water partition coefficient (Wildman–Crippen LogP) is 1.06. The van der Waals surface area contributed by atoms with Crippen LogP contribution in [0.4, 0.5) is 0 Å². The molecule has 1 aromatic rings. The molecular weight excluding hydrogens is 186 g/mol. The lowest BCUT2D eigenvalue weighted by atomic mass is 9.95. The molecule has 1 saturated heterocycles. The Labute approximate surface area is 81.5 Å². The molecule has 1 fully saturated rings. The van der Waals surface area contributed by atoms with E-state index in [1.54, 1.807) is 0 Å². The second-order valence-electron chi connectivity index (χ2n) is 3.51. The number of hydrogen-bond acceptors (Lipinski definition) is 5. The van der Waals surface area contributed by atoms with Crippen LogP contribution in [0.5, 0.6) is 5.19 Å². The van der Waals surface area contributed by atoms with Gasteiger partial charge in [0.15, 0.2) is 0 Å². The third kappa shape index (κ3) is 2.16. The summed E-state index contributed by atoms with van der Waals surface area (Å²) in [6.07, 6.45) is 3.60. The van der Waals surface area contributed by atoms with Crippen LogP contribution in [0.1, 0.15) is 19.8 Å². The van der Waals surface area contributed by atoms with Crippen LogP contribution in [0.15, 0.2) is 6.33 Å². The Kier molecular flexibility index (Phi) is 2.46. The zero-order valence-electron chi connectivity index (χ0n) is 7.62. The van der Waals surface area contributed by atoms with E-state index in [1.165, 1.54) is 17.9 Å². The molecule has 0 saturated carbocycles. The molecule has 2 rings (SSSR count). The van der Waals surface area contributed by atoms with E-state index in [-0.39, 0.29) is 5.60 Å². The monoisotopic (exact) mass is 199 g/mol. The fourth-order valence-corrected chi connectivity index (χ4v) is 1.99. The number of piperidine rings is 1. The second-order valence-corrected chi connectivity index (χ2v) is 4.25. The van der Waals surface area contributed by atoms with Gasteiger partial charge in [-0.3, -0.25) is 0 Å². The minimum atomic E-state index is -0.0508. The zero-order chi connectivity index (χ0) is 9.15. The van der Waals surface area contributed by atoms with Crippen molar-refractivity contribution in [3.63, 3.8) is 0 Å². The highest BCUT2D eigenvalue weighted by molar-refractivity contribution is 7.07. The fourth-order valence-electron chi connectivity index (χ4n) is 1.48. The molecule has 72 valence electrons. The van der Waals surface area contributed by atoms with Crippen LogP contribution in [0.25, 0.3) is 0 Å². The largest absolute Gasteiger partial charge is 0.463 e. The Morgan fingerprint density at radius 1 is 1.54 bits per heavy atom. The summed E-state index contributed by atoms with van der Waals surface area (Å²) in [5.74, 6) is 0. The van der Waals surface area contributed by atoms with Crippen molar-refractivity contribution >= 4 is 11.5 Å². The minimum absolute atomic E-state index is 0.0508. The number of nitrogens with zero attached hydrogens (tertiary/aromatic N) is 2. The quantitative estimate of drug-likeness (QED) is 0.773. The average Bonchev–Trinajstić information content (AvgIpc) is 2.57. The molecule has 2 heterocycles. The predicted molar refractivity (Wildman–Crippen MR) is 51.0 cm³/mol. The van der Waals surface area contributed by atoms with Crippen molar-refractivity contribution in [3.05, 3.63) is 6.33 Å². The van der Waals surface area contributed by atoms with E-state index in [0.29, 0.717) is 5.19 Å². The standard InChI is InChI=1S/C8H13N3OS/c1-8(2-4-9-5-3-8)12-7-10-6-11-13-7/h6,9H,2-5H2,1H3. The number of nitrogens with one attached hydrogen (secondary N) is 1. The highest BCUT2D eigenvalue weighted by Crippen LogP contribution is 2.25. The maximum atomic E-state index is 5.79. The van der Waals surface area contributed by atoms with E-state index in [1.807, 2.05) is 0 Å². The molecule has 0 spiro atoms. The van der Waals surface area contributed by atoms with Gasteiger partial charge < -0.3 is 10.1 Å². The Balaban J connectivity index is 1.99. The molecule has 1 N–H and O–H groups in total. The van der Waals surface area contributed by atoms with Gasteiger partial charge in [-0.2, -0.15) is 9.36 Å². The first-order valence-electron chi connectivity index (χ1n) is 4.45. The summed E-state index contributed by atoms with van der Waals surface area (Å²) in [6, 6.07) is 0. The van der Waals surface area contributed by atoms with Gasteiger partial charge in [0, 0.05) is 11.5 Å². The van der Waals surface area contributed by atoms with Gasteiger partial charge in [0.05, 0.1) is 0 Å². The van der Waals surface area contributed by atoms with Crippen molar-refractivity contribution in [3.8, 4) is 5.19 Å². The molecule has 0 atom stereocenters. The van der Waals surface area contributed by atoms with Crippen LogP contribution >= 0.6 is 11.5 Å². The van der Waals surface area contributed by atoms with Gasteiger partial charge in [-0.1, -0.05) is 0 Å². The van der Waals surface area contributed by atoms with Gasteiger partial charge in [0.1, 0.15) is 11.9 Å². The third-order valence-corrected chi connectivity index (χ3v) is 2.88. The molecule has 0 amide bonds. The molecule has 1 aromatic heterocycles.